The molecule has 0 saturated carbocycles. The number of carbonyl (C=O) groups is 1. The Bertz CT molecular complexity index is 588. The number of rotatable bonds is 4. The number of hydrogen-bond donors (Lipinski definition) is 1. The van der Waals surface area contributed by atoms with Crippen LogP contribution in [-0.2, 0) is 4.79 Å². The normalized spacial score (nSPS) is 16.0. The van der Waals surface area contributed by atoms with Crippen molar-refractivity contribution >= 4 is 17.4 Å². The summed E-state index contributed by atoms with van der Waals surface area (Å²) in [5, 5.41) is 6.81. The van der Waals surface area contributed by atoms with Crippen LogP contribution in [0.15, 0.2) is 31.0 Å². The van der Waals surface area contributed by atoms with E-state index in [1.807, 2.05) is 12.1 Å². The first-order valence-corrected chi connectivity index (χ1v) is 7.10. The van der Waals surface area contributed by atoms with Gasteiger partial charge in [0.1, 0.15) is 24.5 Å². The fraction of sp³-hybridized carbons (Fsp3) is 0.429. The molecule has 1 N–H and O–H groups in total. The molecule has 2 aromatic rings. The average molecular weight is 286 g/mol. The summed E-state index contributed by atoms with van der Waals surface area (Å²) in [4.78, 5) is 22.6. The fourth-order valence-corrected chi connectivity index (χ4v) is 2.38. The molecular weight excluding hydrogens is 268 g/mol. The highest BCUT2D eigenvalue weighted by molar-refractivity contribution is 5.93. The Morgan fingerprint density at radius 3 is 2.76 bits per heavy atom. The van der Waals surface area contributed by atoms with Crippen molar-refractivity contribution in [3.05, 3.63) is 31.0 Å². The van der Waals surface area contributed by atoms with E-state index in [-0.39, 0.29) is 5.91 Å². The van der Waals surface area contributed by atoms with Gasteiger partial charge in [-0.2, -0.15) is 5.10 Å². The van der Waals surface area contributed by atoms with Crippen molar-refractivity contribution in [3.8, 4) is 0 Å². The second kappa shape index (κ2) is 5.90. The van der Waals surface area contributed by atoms with E-state index >= 15 is 0 Å². The number of amides is 1. The third-order valence-corrected chi connectivity index (χ3v) is 3.66. The lowest BCUT2D eigenvalue weighted by molar-refractivity contribution is -0.119. The lowest BCUT2D eigenvalue weighted by atomic mass is 10.3. The van der Waals surface area contributed by atoms with Crippen LogP contribution in [-0.4, -0.2) is 38.7 Å². The molecule has 1 aliphatic rings. The molecule has 1 aliphatic heterocycles. The van der Waals surface area contributed by atoms with Crippen molar-refractivity contribution in [1.82, 2.24) is 19.7 Å². The minimum atomic E-state index is -0.411. The monoisotopic (exact) mass is 286 g/mol. The second-order valence-corrected chi connectivity index (χ2v) is 5.14. The molecule has 21 heavy (non-hydrogen) atoms. The van der Waals surface area contributed by atoms with Crippen molar-refractivity contribution in [3.63, 3.8) is 0 Å². The zero-order valence-electron chi connectivity index (χ0n) is 11.9. The maximum absolute atomic E-state index is 12.1. The Morgan fingerprint density at radius 2 is 2.14 bits per heavy atom. The van der Waals surface area contributed by atoms with Gasteiger partial charge in [-0.15, -0.1) is 0 Å². The van der Waals surface area contributed by atoms with E-state index in [1.54, 1.807) is 13.1 Å². The number of nitrogens with zero attached hydrogens (tertiary/aromatic N) is 5. The van der Waals surface area contributed by atoms with Crippen molar-refractivity contribution < 1.29 is 4.79 Å². The quantitative estimate of drug-likeness (QED) is 0.921. The SMILES string of the molecule is C[C@H](C(=O)Nc1ccc(N2CCCC2)nc1)n1cncn1. The van der Waals surface area contributed by atoms with Gasteiger partial charge < -0.3 is 10.2 Å². The molecule has 3 rings (SSSR count). The molecule has 1 fully saturated rings. The van der Waals surface area contributed by atoms with E-state index in [0.29, 0.717) is 5.69 Å². The van der Waals surface area contributed by atoms with Gasteiger partial charge in [0.05, 0.1) is 11.9 Å². The smallest absolute Gasteiger partial charge is 0.249 e. The molecule has 0 aliphatic carbocycles. The largest absolute Gasteiger partial charge is 0.357 e. The van der Waals surface area contributed by atoms with E-state index in [9.17, 15) is 4.79 Å². The molecule has 7 heteroatoms. The maximum atomic E-state index is 12.1. The van der Waals surface area contributed by atoms with Gasteiger partial charge in [-0.25, -0.2) is 14.6 Å². The van der Waals surface area contributed by atoms with Gasteiger partial charge in [-0.05, 0) is 31.9 Å². The van der Waals surface area contributed by atoms with Gasteiger partial charge in [-0.1, -0.05) is 0 Å². The van der Waals surface area contributed by atoms with Crippen LogP contribution < -0.4 is 10.2 Å². The molecule has 1 amide bonds. The van der Waals surface area contributed by atoms with Crippen LogP contribution in [0.2, 0.25) is 0 Å². The van der Waals surface area contributed by atoms with Crippen LogP contribution in [0, 0.1) is 0 Å². The average Bonchev–Trinajstić information content (AvgIpc) is 3.20. The first-order chi connectivity index (χ1) is 10.2. The Labute approximate surface area is 123 Å². The molecular formula is C14H18N6O. The summed E-state index contributed by atoms with van der Waals surface area (Å²) in [6, 6.07) is 3.42. The van der Waals surface area contributed by atoms with Gasteiger partial charge in [0.15, 0.2) is 0 Å². The summed E-state index contributed by atoms with van der Waals surface area (Å²) in [5.41, 5.74) is 0.690. The lowest BCUT2D eigenvalue weighted by Gasteiger charge is -2.17. The zero-order valence-corrected chi connectivity index (χ0v) is 11.9. The molecule has 0 bridgehead atoms. The molecule has 0 radical (unpaired) electrons. The first-order valence-electron chi connectivity index (χ1n) is 7.10. The molecule has 0 unspecified atom stereocenters. The van der Waals surface area contributed by atoms with Gasteiger partial charge in [-0.3, -0.25) is 4.79 Å². The number of anilines is 2. The van der Waals surface area contributed by atoms with E-state index < -0.39 is 6.04 Å². The van der Waals surface area contributed by atoms with Crippen LogP contribution in [0.25, 0.3) is 0 Å². The predicted molar refractivity (Wildman–Crippen MR) is 79.0 cm³/mol. The van der Waals surface area contributed by atoms with Crippen LogP contribution in [0.3, 0.4) is 0 Å². The number of carbonyl (C=O) groups excluding carboxylic acids is 1. The summed E-state index contributed by atoms with van der Waals surface area (Å²) in [5.74, 6) is 0.825. The van der Waals surface area contributed by atoms with E-state index in [4.69, 9.17) is 0 Å². The highest BCUT2D eigenvalue weighted by atomic mass is 16.2. The van der Waals surface area contributed by atoms with Crippen LogP contribution in [0.4, 0.5) is 11.5 Å². The van der Waals surface area contributed by atoms with Crippen molar-refractivity contribution in [2.75, 3.05) is 23.3 Å². The molecule has 7 nitrogen and oxygen atoms in total. The topological polar surface area (TPSA) is 75.9 Å². The third kappa shape index (κ3) is 3.01. The first kappa shape index (κ1) is 13.5. The van der Waals surface area contributed by atoms with Crippen molar-refractivity contribution in [2.24, 2.45) is 0 Å². The summed E-state index contributed by atoms with van der Waals surface area (Å²) in [6.45, 7) is 3.89. The van der Waals surface area contributed by atoms with Gasteiger partial charge in [0, 0.05) is 13.1 Å². The van der Waals surface area contributed by atoms with Crippen molar-refractivity contribution in [2.45, 2.75) is 25.8 Å². The molecule has 2 aromatic heterocycles. The highest BCUT2D eigenvalue weighted by Crippen LogP contribution is 2.19. The van der Waals surface area contributed by atoms with E-state index in [1.165, 1.54) is 30.2 Å². The molecule has 3 heterocycles. The van der Waals surface area contributed by atoms with Gasteiger partial charge in [0.25, 0.3) is 0 Å². The van der Waals surface area contributed by atoms with E-state index in [2.05, 4.69) is 25.3 Å². The van der Waals surface area contributed by atoms with Crippen LogP contribution in [0.5, 0.6) is 0 Å². The number of hydrogen-bond acceptors (Lipinski definition) is 5. The molecule has 0 aromatic carbocycles. The lowest BCUT2D eigenvalue weighted by Crippen LogP contribution is -2.24. The third-order valence-electron chi connectivity index (χ3n) is 3.66. The molecule has 1 saturated heterocycles. The van der Waals surface area contributed by atoms with Crippen LogP contribution in [0.1, 0.15) is 25.8 Å². The summed E-state index contributed by atoms with van der Waals surface area (Å²) < 4.78 is 1.52. The van der Waals surface area contributed by atoms with Crippen LogP contribution >= 0.6 is 0 Å². The Kier molecular flexibility index (Phi) is 3.81. The molecule has 0 spiro atoms. The highest BCUT2D eigenvalue weighted by Gasteiger charge is 2.16. The number of pyridine rings is 1. The second-order valence-electron chi connectivity index (χ2n) is 5.14. The summed E-state index contributed by atoms with van der Waals surface area (Å²) in [6.07, 6.45) is 7.07. The summed E-state index contributed by atoms with van der Waals surface area (Å²) >= 11 is 0. The Morgan fingerprint density at radius 1 is 1.33 bits per heavy atom. The molecule has 110 valence electrons. The number of nitrogens with one attached hydrogen (secondary N) is 1. The van der Waals surface area contributed by atoms with Gasteiger partial charge in [0.2, 0.25) is 5.91 Å². The standard InChI is InChI=1S/C14H18N6O/c1-11(20-10-15-9-17-20)14(21)18-12-4-5-13(16-8-12)19-6-2-3-7-19/h4-5,8-11H,2-3,6-7H2,1H3,(H,18,21)/t11-/m1/s1. The fourth-order valence-electron chi connectivity index (χ4n) is 2.38. The zero-order chi connectivity index (χ0) is 14.7. The minimum absolute atomic E-state index is 0.142. The van der Waals surface area contributed by atoms with Crippen molar-refractivity contribution in [1.29, 1.82) is 0 Å². The maximum Gasteiger partial charge on any atom is 0.249 e. The Hall–Kier alpha value is -2.44. The van der Waals surface area contributed by atoms with Gasteiger partial charge >= 0.3 is 0 Å². The predicted octanol–water partition coefficient (Wildman–Crippen LogP) is 1.47. The minimum Gasteiger partial charge on any atom is -0.357 e. The van der Waals surface area contributed by atoms with E-state index in [0.717, 1.165) is 18.9 Å². The molecule has 1 atom stereocenters. The number of aromatic nitrogens is 4. The Balaban J connectivity index is 1.63. The summed E-state index contributed by atoms with van der Waals surface area (Å²) in [7, 11) is 0.